The molecule has 0 bridgehead atoms. The fourth-order valence-corrected chi connectivity index (χ4v) is 10.7. The van der Waals surface area contributed by atoms with Crippen molar-refractivity contribution in [2.75, 3.05) is 70.1 Å². The molecule has 1 aliphatic heterocycles. The van der Waals surface area contributed by atoms with Gasteiger partial charge in [-0.05, 0) is 0 Å². The first kappa shape index (κ1) is 20.5. The van der Waals surface area contributed by atoms with Gasteiger partial charge in [0.1, 0.15) is 0 Å². The Bertz CT molecular complexity index is 176. The van der Waals surface area contributed by atoms with Crippen LogP contribution in [-0.2, 0) is 15.1 Å². The van der Waals surface area contributed by atoms with Crippen molar-refractivity contribution >= 4 is 43.1 Å². The van der Waals surface area contributed by atoms with Crippen molar-refractivity contribution in [1.29, 1.82) is 0 Å². The molecule has 0 aromatic rings. The van der Waals surface area contributed by atoms with Crippen LogP contribution in [0.3, 0.4) is 0 Å². The van der Waals surface area contributed by atoms with Gasteiger partial charge in [0.25, 0.3) is 0 Å². The van der Waals surface area contributed by atoms with Crippen LogP contribution in [0.25, 0.3) is 0 Å². The van der Waals surface area contributed by atoms with E-state index in [1.165, 1.54) is 25.4 Å². The van der Waals surface area contributed by atoms with E-state index in [0.29, 0.717) is 0 Å². The van der Waals surface area contributed by atoms with Gasteiger partial charge in [0, 0.05) is 56.8 Å². The molecule has 0 amide bonds. The fourth-order valence-electron chi connectivity index (χ4n) is 1.96. The van der Waals surface area contributed by atoms with Gasteiger partial charge in [0.2, 0.25) is 0 Å². The van der Waals surface area contributed by atoms with E-state index >= 15 is 0 Å². The molecule has 0 aromatic heterocycles. The van der Waals surface area contributed by atoms with Crippen LogP contribution in [-0.4, -0.2) is 70.1 Å². The Labute approximate surface area is 133 Å². The van der Waals surface area contributed by atoms with Crippen molar-refractivity contribution in [3.8, 4) is 0 Å². The second-order valence-corrected chi connectivity index (χ2v) is 16.6. The van der Waals surface area contributed by atoms with E-state index in [9.17, 15) is 0 Å². The minimum absolute atomic E-state index is 0.00685. The van der Waals surface area contributed by atoms with Crippen LogP contribution in [0.15, 0.2) is 0 Å². The number of halogens is 2. The van der Waals surface area contributed by atoms with Gasteiger partial charge in [-0.1, -0.05) is 0 Å². The fraction of sp³-hybridized carbons (Fsp3) is 1.00. The summed E-state index contributed by atoms with van der Waals surface area (Å²) in [6.45, 7) is 10.2. The molecular weight excluding hydrogens is 411 g/mol. The summed E-state index contributed by atoms with van der Waals surface area (Å²) in [7, 11) is 9.77. The Kier molecular flexibility index (Phi) is 16.4. The first-order valence-corrected chi connectivity index (χ1v) is 18.3. The SMILES string of the molecule is C[PH+]1CCNCC[PH+](C)CC[PH+](C)CC1.[Cl][Ru][Cl]. The van der Waals surface area contributed by atoms with Gasteiger partial charge in [-0.25, -0.2) is 0 Å². The van der Waals surface area contributed by atoms with E-state index in [1.54, 1.807) is 24.6 Å². The zero-order valence-corrected chi connectivity index (χ0v) is 18.0. The van der Waals surface area contributed by atoms with Gasteiger partial charge in [0.05, 0.1) is 37.0 Å². The Morgan fingerprint density at radius 1 is 0.722 bits per heavy atom. The summed E-state index contributed by atoms with van der Waals surface area (Å²) in [6, 6.07) is 0. The molecule has 2 unspecified atom stereocenters. The normalized spacial score (nSPS) is 31.7. The van der Waals surface area contributed by atoms with E-state index in [0.717, 1.165) is 0 Å². The molecule has 0 aromatic carbocycles. The summed E-state index contributed by atoms with van der Waals surface area (Å²) in [5.41, 5.74) is 0. The maximum atomic E-state index is 4.85. The maximum absolute atomic E-state index is 4.85. The van der Waals surface area contributed by atoms with Crippen LogP contribution in [0.4, 0.5) is 0 Å². The third kappa shape index (κ3) is 13.4. The number of rotatable bonds is 0. The Morgan fingerprint density at radius 2 is 1.00 bits per heavy atom. The van der Waals surface area contributed by atoms with Crippen LogP contribution >= 0.6 is 43.1 Å². The second kappa shape index (κ2) is 14.4. The molecule has 7 heteroatoms. The molecule has 1 heterocycles. The Balaban J connectivity index is 0.000000873. The molecule has 1 N–H and O–H groups in total. The van der Waals surface area contributed by atoms with Crippen LogP contribution in [0.5, 0.6) is 0 Å². The molecule has 2 atom stereocenters. The van der Waals surface area contributed by atoms with E-state index < -0.39 is 0 Å². The van der Waals surface area contributed by atoms with Crippen LogP contribution in [0, 0.1) is 0 Å². The van der Waals surface area contributed by atoms with Crippen molar-refractivity contribution < 1.29 is 15.1 Å². The van der Waals surface area contributed by atoms with Crippen LogP contribution < -0.4 is 5.32 Å². The summed E-state index contributed by atoms with van der Waals surface area (Å²) in [6.07, 6.45) is 9.36. The number of nitrogens with one attached hydrogen (secondary N) is 1. The molecule has 18 heavy (non-hydrogen) atoms. The first-order chi connectivity index (χ1) is 8.60. The van der Waals surface area contributed by atoms with Gasteiger partial charge in [-0.2, -0.15) is 0 Å². The number of hydrogen-bond acceptors (Lipinski definition) is 1. The molecule has 0 radical (unpaired) electrons. The Hall–Kier alpha value is 2.45. The van der Waals surface area contributed by atoms with E-state index in [4.69, 9.17) is 19.4 Å². The monoisotopic (exact) mass is 440 g/mol. The molecule has 1 aliphatic rings. The van der Waals surface area contributed by atoms with Gasteiger partial charge >= 0.3 is 34.5 Å². The number of hydrogen-bond donors (Lipinski definition) is 1. The summed E-state index contributed by atoms with van der Waals surface area (Å²) >= 11 is -0.346. The molecule has 1 saturated heterocycles. The average molecular weight is 440 g/mol. The molecule has 0 saturated carbocycles. The molecule has 0 spiro atoms. The summed E-state index contributed by atoms with van der Waals surface area (Å²) in [4.78, 5) is 0. The van der Waals surface area contributed by atoms with E-state index in [-0.39, 0.29) is 38.9 Å². The first-order valence-electron chi connectivity index (χ1n) is 6.60. The van der Waals surface area contributed by atoms with Gasteiger partial charge in [0.15, 0.2) is 0 Å². The Morgan fingerprint density at radius 3 is 1.33 bits per heavy atom. The van der Waals surface area contributed by atoms with Crippen molar-refractivity contribution in [2.24, 2.45) is 0 Å². The van der Waals surface area contributed by atoms with Crippen LogP contribution in [0.1, 0.15) is 0 Å². The molecule has 1 nitrogen and oxygen atoms in total. The summed E-state index contributed by atoms with van der Waals surface area (Å²) in [5.74, 6) is 0. The van der Waals surface area contributed by atoms with Gasteiger partial charge < -0.3 is 5.32 Å². The van der Waals surface area contributed by atoms with Crippen molar-refractivity contribution in [2.45, 2.75) is 0 Å². The topological polar surface area (TPSA) is 12.0 Å². The van der Waals surface area contributed by atoms with E-state index in [1.807, 2.05) is 0 Å². The van der Waals surface area contributed by atoms with Crippen molar-refractivity contribution in [1.82, 2.24) is 5.32 Å². The molecule has 112 valence electrons. The summed E-state index contributed by atoms with van der Waals surface area (Å²) < 4.78 is 0. The van der Waals surface area contributed by atoms with Gasteiger partial charge in [-0.15, -0.1) is 0 Å². The van der Waals surface area contributed by atoms with Crippen molar-refractivity contribution in [3.63, 3.8) is 0 Å². The van der Waals surface area contributed by atoms with Crippen molar-refractivity contribution in [3.05, 3.63) is 0 Å². The van der Waals surface area contributed by atoms with E-state index in [2.05, 4.69) is 25.3 Å². The molecule has 1 rings (SSSR count). The minimum atomic E-state index is -0.346. The zero-order chi connectivity index (χ0) is 13.8. The average Bonchev–Trinajstić information content (AvgIpc) is 2.33. The third-order valence-corrected chi connectivity index (χ3v) is 11.0. The predicted octanol–water partition coefficient (Wildman–Crippen LogP) is 3.50. The zero-order valence-electron chi connectivity index (χ0n) is 11.8. The van der Waals surface area contributed by atoms with Crippen LogP contribution in [0.2, 0.25) is 0 Å². The third-order valence-electron chi connectivity index (χ3n) is 3.41. The standard InChI is InChI=1S/C11H26NP3.2ClH.Ru/c1-13-6-4-12-5-7-14(2)9-11-15(3)10-8-13;;;/h12H,4-11H2,1-3H3;2*1H;/q;;;+2/p+1. The second-order valence-electron chi connectivity index (χ2n) is 5.17. The molecule has 0 aliphatic carbocycles. The van der Waals surface area contributed by atoms with Gasteiger partial charge in [-0.3, -0.25) is 0 Å². The molecular formula is C11H29Cl2NP3Ru+3. The predicted molar refractivity (Wildman–Crippen MR) is 96.5 cm³/mol. The summed E-state index contributed by atoms with van der Waals surface area (Å²) in [5, 5.41) is 3.63. The molecule has 1 fully saturated rings. The quantitative estimate of drug-likeness (QED) is 0.449.